The van der Waals surface area contributed by atoms with Crippen molar-refractivity contribution in [3.8, 4) is 5.75 Å². The van der Waals surface area contributed by atoms with Crippen LogP contribution in [0.5, 0.6) is 5.75 Å². The van der Waals surface area contributed by atoms with E-state index in [2.05, 4.69) is 48.5 Å². The summed E-state index contributed by atoms with van der Waals surface area (Å²) >= 11 is 0. The van der Waals surface area contributed by atoms with E-state index in [-0.39, 0.29) is 11.9 Å². The Hall–Kier alpha value is -4.59. The molecule has 0 saturated carbocycles. The molecule has 4 heterocycles. The largest absolute Gasteiger partial charge is 0.494 e. The number of benzene rings is 2. The number of hydroxylamine groups is 1. The number of methoxy groups -OCH3 is 1. The third kappa shape index (κ3) is 7.43. The number of nitrogens with one attached hydrogen (secondary N) is 2. The van der Waals surface area contributed by atoms with E-state index < -0.39 is 11.6 Å². The van der Waals surface area contributed by atoms with E-state index in [9.17, 15) is 13.6 Å². The van der Waals surface area contributed by atoms with E-state index in [1.54, 1.807) is 24.3 Å². The van der Waals surface area contributed by atoms with Crippen molar-refractivity contribution in [2.45, 2.75) is 31.3 Å². The number of aromatic nitrogens is 2. The lowest BCUT2D eigenvalue weighted by Crippen LogP contribution is -2.53. The van der Waals surface area contributed by atoms with Crippen LogP contribution in [0.4, 0.5) is 37.5 Å². The van der Waals surface area contributed by atoms with Gasteiger partial charge in [-0.15, -0.1) is 6.58 Å². The van der Waals surface area contributed by atoms with Crippen molar-refractivity contribution in [2.75, 3.05) is 80.1 Å². The number of piperidine rings is 1. The standard InChI is InChI=1S/C35H42F2N8O3/c1-4-11-42-14-16-43(17-15-42)25-8-12-44(13-9-25)31-21-32(47-3)29(20-28(31)41-35(46)5-2)40-33-22-34(39-23-38-33)45-30(10-18-48-45)24-6-7-26(36)27(37)19-24/h4-7,19-23,25,30H,1-2,8-18H2,3H3,(H,41,46)(H,38,39,40)/t30-/m1/s1. The Morgan fingerprint density at radius 2 is 1.79 bits per heavy atom. The summed E-state index contributed by atoms with van der Waals surface area (Å²) in [6.45, 7) is 14.8. The van der Waals surface area contributed by atoms with Gasteiger partial charge in [-0.05, 0) is 42.7 Å². The van der Waals surface area contributed by atoms with Gasteiger partial charge in [0.15, 0.2) is 17.5 Å². The van der Waals surface area contributed by atoms with Crippen molar-refractivity contribution < 1.29 is 23.1 Å². The number of hydrogen-bond acceptors (Lipinski definition) is 10. The average molecular weight is 661 g/mol. The van der Waals surface area contributed by atoms with E-state index in [0.29, 0.717) is 53.4 Å². The normalized spacial score (nSPS) is 19.3. The monoisotopic (exact) mass is 660 g/mol. The quantitative estimate of drug-likeness (QED) is 0.209. The summed E-state index contributed by atoms with van der Waals surface area (Å²) in [7, 11) is 1.60. The van der Waals surface area contributed by atoms with E-state index in [1.165, 1.54) is 18.5 Å². The second kappa shape index (κ2) is 15.1. The van der Waals surface area contributed by atoms with Crippen LogP contribution < -0.4 is 25.3 Å². The summed E-state index contributed by atoms with van der Waals surface area (Å²) in [5, 5.41) is 7.86. The lowest BCUT2D eigenvalue weighted by Gasteiger charge is -2.43. The maximum absolute atomic E-state index is 14.0. The van der Waals surface area contributed by atoms with Crippen LogP contribution >= 0.6 is 0 Å². The Morgan fingerprint density at radius 1 is 1.00 bits per heavy atom. The summed E-state index contributed by atoms with van der Waals surface area (Å²) in [5.74, 6) is -0.681. The van der Waals surface area contributed by atoms with Gasteiger partial charge in [-0.3, -0.25) is 19.4 Å². The molecule has 1 aromatic heterocycles. The van der Waals surface area contributed by atoms with Crippen LogP contribution in [0.2, 0.25) is 0 Å². The molecule has 3 aliphatic heterocycles. The smallest absolute Gasteiger partial charge is 0.247 e. The van der Waals surface area contributed by atoms with Crippen molar-refractivity contribution in [1.82, 2.24) is 19.8 Å². The highest BCUT2D eigenvalue weighted by Gasteiger charge is 2.31. The maximum Gasteiger partial charge on any atom is 0.247 e. The Labute approximate surface area is 279 Å². The third-order valence-electron chi connectivity index (χ3n) is 9.25. The van der Waals surface area contributed by atoms with Gasteiger partial charge in [0.1, 0.15) is 17.9 Å². The van der Waals surface area contributed by atoms with Crippen molar-refractivity contribution in [3.05, 3.63) is 85.2 Å². The van der Waals surface area contributed by atoms with Gasteiger partial charge < -0.3 is 20.3 Å². The number of carbonyl (C=O) groups excluding carboxylic acids is 1. The van der Waals surface area contributed by atoms with Gasteiger partial charge in [0.25, 0.3) is 0 Å². The average Bonchev–Trinajstić information content (AvgIpc) is 3.61. The van der Waals surface area contributed by atoms with E-state index in [1.807, 2.05) is 18.2 Å². The second-order valence-electron chi connectivity index (χ2n) is 12.1. The summed E-state index contributed by atoms with van der Waals surface area (Å²) in [6, 6.07) is 9.47. The van der Waals surface area contributed by atoms with Gasteiger partial charge in [0.2, 0.25) is 5.91 Å². The van der Waals surface area contributed by atoms with Crippen molar-refractivity contribution in [3.63, 3.8) is 0 Å². The molecular weight excluding hydrogens is 618 g/mol. The minimum atomic E-state index is -0.915. The predicted octanol–water partition coefficient (Wildman–Crippen LogP) is 5.29. The van der Waals surface area contributed by atoms with Crippen molar-refractivity contribution in [1.29, 1.82) is 0 Å². The number of hydrogen-bond donors (Lipinski definition) is 2. The summed E-state index contributed by atoms with van der Waals surface area (Å²) < 4.78 is 33.4. The highest BCUT2D eigenvalue weighted by Crippen LogP contribution is 2.40. The Balaban J connectivity index is 1.20. The number of nitrogens with zero attached hydrogens (tertiary/aromatic N) is 6. The zero-order chi connectivity index (χ0) is 33.6. The SMILES string of the molecule is C=CCN1CCN(C2CCN(c3cc(OC)c(Nc4cc(N5OCC[C@@H]5c5ccc(F)c(F)c5)ncn4)cc3NC(=O)C=C)CC2)CC1. The molecule has 0 bridgehead atoms. The first-order valence-corrected chi connectivity index (χ1v) is 16.3. The molecular formula is C35H42F2N8O3. The molecule has 2 aromatic carbocycles. The molecule has 254 valence electrons. The predicted molar refractivity (Wildman–Crippen MR) is 183 cm³/mol. The number of carbonyl (C=O) groups is 1. The van der Waals surface area contributed by atoms with Gasteiger partial charge in [0, 0.05) is 70.4 Å². The molecule has 0 unspecified atom stereocenters. The van der Waals surface area contributed by atoms with Crippen LogP contribution in [-0.2, 0) is 9.63 Å². The Bertz CT molecular complexity index is 1630. The van der Waals surface area contributed by atoms with E-state index in [4.69, 9.17) is 9.57 Å². The van der Waals surface area contributed by atoms with Crippen molar-refractivity contribution >= 4 is 34.6 Å². The number of ether oxygens (including phenoxy) is 1. The minimum absolute atomic E-state index is 0.321. The Kier molecular flexibility index (Phi) is 10.5. The first-order valence-electron chi connectivity index (χ1n) is 16.3. The molecule has 0 aliphatic carbocycles. The zero-order valence-corrected chi connectivity index (χ0v) is 27.2. The molecule has 6 rings (SSSR count). The van der Waals surface area contributed by atoms with Crippen LogP contribution in [0.15, 0.2) is 68.0 Å². The molecule has 13 heteroatoms. The molecule has 48 heavy (non-hydrogen) atoms. The highest BCUT2D eigenvalue weighted by molar-refractivity contribution is 6.02. The number of rotatable bonds is 11. The Morgan fingerprint density at radius 3 is 2.50 bits per heavy atom. The van der Waals surface area contributed by atoms with Gasteiger partial charge >= 0.3 is 0 Å². The minimum Gasteiger partial charge on any atom is -0.494 e. The molecule has 3 fully saturated rings. The van der Waals surface area contributed by atoms with Crippen LogP contribution in [0.25, 0.3) is 0 Å². The third-order valence-corrected chi connectivity index (χ3v) is 9.25. The summed E-state index contributed by atoms with van der Waals surface area (Å²) in [4.78, 5) is 34.5. The van der Waals surface area contributed by atoms with Gasteiger partial charge in [-0.25, -0.2) is 23.8 Å². The number of halogens is 2. The maximum atomic E-state index is 14.0. The molecule has 1 atom stereocenters. The fourth-order valence-electron chi connectivity index (χ4n) is 6.74. The number of anilines is 5. The van der Waals surface area contributed by atoms with Crippen LogP contribution in [-0.4, -0.2) is 91.2 Å². The first kappa shape index (κ1) is 33.3. The van der Waals surface area contributed by atoms with Crippen LogP contribution in [0, 0.1) is 11.6 Å². The van der Waals surface area contributed by atoms with Crippen LogP contribution in [0.3, 0.4) is 0 Å². The zero-order valence-electron chi connectivity index (χ0n) is 27.2. The van der Waals surface area contributed by atoms with Gasteiger partial charge in [0.05, 0.1) is 36.8 Å². The second-order valence-corrected chi connectivity index (χ2v) is 12.1. The topological polar surface area (TPSA) is 98.3 Å². The molecule has 11 nitrogen and oxygen atoms in total. The fraction of sp³-hybridized carbons (Fsp3) is 0.400. The number of piperazine rings is 1. The van der Waals surface area contributed by atoms with E-state index in [0.717, 1.165) is 70.4 Å². The molecule has 2 N–H and O–H groups in total. The highest BCUT2D eigenvalue weighted by atomic mass is 19.2. The molecule has 3 aromatic rings. The first-order chi connectivity index (χ1) is 23.4. The van der Waals surface area contributed by atoms with Crippen molar-refractivity contribution in [2.24, 2.45) is 0 Å². The molecule has 3 aliphatic rings. The summed E-state index contributed by atoms with van der Waals surface area (Å²) in [6.07, 6.45) is 7.22. The lowest BCUT2D eigenvalue weighted by atomic mass is 10.0. The molecule has 0 radical (unpaired) electrons. The fourth-order valence-corrected chi connectivity index (χ4v) is 6.74. The summed E-state index contributed by atoms with van der Waals surface area (Å²) in [5.41, 5.74) is 2.65. The molecule has 3 saturated heterocycles. The number of amides is 1. The van der Waals surface area contributed by atoms with E-state index >= 15 is 0 Å². The van der Waals surface area contributed by atoms with Gasteiger partial charge in [-0.2, -0.15) is 0 Å². The van der Waals surface area contributed by atoms with Crippen LogP contribution in [0.1, 0.15) is 30.9 Å². The lowest BCUT2D eigenvalue weighted by molar-refractivity contribution is -0.111. The molecule has 0 spiro atoms. The molecule has 1 amide bonds. The van der Waals surface area contributed by atoms with Gasteiger partial charge in [-0.1, -0.05) is 18.7 Å².